The maximum absolute atomic E-state index is 12.3. The van der Waals surface area contributed by atoms with Crippen molar-refractivity contribution in [1.29, 1.82) is 0 Å². The van der Waals surface area contributed by atoms with Gasteiger partial charge in [-0.25, -0.2) is 0 Å². The van der Waals surface area contributed by atoms with E-state index in [1.54, 1.807) is 6.92 Å². The molecular weight excluding hydrogens is 346 g/mol. The van der Waals surface area contributed by atoms with E-state index in [9.17, 15) is 9.59 Å². The maximum Gasteiger partial charge on any atom is 0.305 e. The van der Waals surface area contributed by atoms with Crippen LogP contribution in [0.1, 0.15) is 50.8 Å². The average molecular weight is 371 g/mol. The lowest BCUT2D eigenvalue weighted by Crippen LogP contribution is -2.37. The summed E-state index contributed by atoms with van der Waals surface area (Å²) in [5.74, 6) is 1.27. The summed E-state index contributed by atoms with van der Waals surface area (Å²) in [5, 5.41) is 4.08. The molecule has 3 rings (SSSR count). The summed E-state index contributed by atoms with van der Waals surface area (Å²) in [7, 11) is 0. The van der Waals surface area contributed by atoms with Gasteiger partial charge in [0.15, 0.2) is 0 Å². The van der Waals surface area contributed by atoms with Gasteiger partial charge in [0, 0.05) is 37.4 Å². The highest BCUT2D eigenvalue weighted by Crippen LogP contribution is 2.28. The van der Waals surface area contributed by atoms with Crippen molar-refractivity contribution in [1.82, 2.24) is 15.0 Å². The number of ether oxygens (including phenoxy) is 1. The molecule has 1 fully saturated rings. The third kappa shape index (κ3) is 5.15. The molecule has 2 heterocycles. The largest absolute Gasteiger partial charge is 0.466 e. The van der Waals surface area contributed by atoms with Gasteiger partial charge in [0.2, 0.25) is 17.6 Å². The Balaban J connectivity index is 1.46. The predicted octanol–water partition coefficient (Wildman–Crippen LogP) is 3.18. The molecule has 0 saturated carbocycles. The van der Waals surface area contributed by atoms with E-state index in [0.717, 1.165) is 18.4 Å². The Bertz CT molecular complexity index is 752. The lowest BCUT2D eigenvalue weighted by Gasteiger charge is -2.30. The van der Waals surface area contributed by atoms with Crippen LogP contribution in [0.5, 0.6) is 0 Å². The van der Waals surface area contributed by atoms with E-state index in [-0.39, 0.29) is 17.8 Å². The molecule has 0 N–H and O–H groups in total. The van der Waals surface area contributed by atoms with Crippen LogP contribution in [-0.2, 0) is 14.3 Å². The Labute approximate surface area is 158 Å². The molecule has 0 unspecified atom stereocenters. The number of nitrogens with zero attached hydrogens (tertiary/aromatic N) is 3. The zero-order chi connectivity index (χ0) is 19.1. The van der Waals surface area contributed by atoms with E-state index >= 15 is 0 Å². The van der Waals surface area contributed by atoms with Gasteiger partial charge < -0.3 is 14.2 Å². The van der Waals surface area contributed by atoms with Crippen molar-refractivity contribution in [2.45, 2.75) is 44.9 Å². The predicted molar refractivity (Wildman–Crippen MR) is 98.8 cm³/mol. The first-order chi connectivity index (χ1) is 13.2. The number of hydrogen-bond acceptors (Lipinski definition) is 6. The standard InChI is InChI=1S/C20H25N3O4/c1-2-26-18(25)10-6-9-17(24)23-13-11-16(12-14-23)20-21-19(22-27-20)15-7-4-3-5-8-15/h3-5,7-8,16H,2,6,9-14H2,1H3. The second kappa shape index (κ2) is 9.30. The Hall–Kier alpha value is -2.70. The smallest absolute Gasteiger partial charge is 0.305 e. The van der Waals surface area contributed by atoms with Gasteiger partial charge in [0.05, 0.1) is 6.61 Å². The van der Waals surface area contributed by atoms with Crippen molar-refractivity contribution in [3.05, 3.63) is 36.2 Å². The number of amides is 1. The third-order valence-electron chi connectivity index (χ3n) is 4.75. The summed E-state index contributed by atoms with van der Waals surface area (Å²) in [6, 6.07) is 9.73. The molecule has 1 aromatic carbocycles. The fraction of sp³-hybridized carbons (Fsp3) is 0.500. The molecule has 0 spiro atoms. The second-order valence-electron chi connectivity index (χ2n) is 6.64. The number of carbonyl (C=O) groups excluding carboxylic acids is 2. The van der Waals surface area contributed by atoms with Crippen LogP contribution in [0, 0.1) is 0 Å². The first kappa shape index (κ1) is 19.1. The van der Waals surface area contributed by atoms with Gasteiger partial charge in [-0.2, -0.15) is 4.98 Å². The molecule has 2 aromatic rings. The van der Waals surface area contributed by atoms with Crippen LogP contribution in [0.2, 0.25) is 0 Å². The van der Waals surface area contributed by atoms with Gasteiger partial charge in [0.25, 0.3) is 0 Å². The second-order valence-corrected chi connectivity index (χ2v) is 6.64. The normalized spacial score (nSPS) is 14.9. The van der Waals surface area contributed by atoms with Crippen molar-refractivity contribution >= 4 is 11.9 Å². The van der Waals surface area contributed by atoms with Crippen LogP contribution in [-0.4, -0.2) is 46.6 Å². The quantitative estimate of drug-likeness (QED) is 0.695. The molecule has 1 aromatic heterocycles. The topological polar surface area (TPSA) is 85.5 Å². The minimum absolute atomic E-state index is 0.0910. The van der Waals surface area contributed by atoms with E-state index in [4.69, 9.17) is 9.26 Å². The molecule has 0 bridgehead atoms. The number of piperidine rings is 1. The summed E-state index contributed by atoms with van der Waals surface area (Å²) < 4.78 is 10.3. The SMILES string of the molecule is CCOC(=O)CCCC(=O)N1CCC(c2nc(-c3ccccc3)no2)CC1. The van der Waals surface area contributed by atoms with Crippen LogP contribution in [0.15, 0.2) is 34.9 Å². The Morgan fingerprint density at radius 2 is 1.93 bits per heavy atom. The van der Waals surface area contributed by atoms with Crippen LogP contribution < -0.4 is 0 Å². The van der Waals surface area contributed by atoms with E-state index in [0.29, 0.717) is 50.7 Å². The first-order valence-corrected chi connectivity index (χ1v) is 9.49. The highest BCUT2D eigenvalue weighted by molar-refractivity contribution is 5.77. The summed E-state index contributed by atoms with van der Waals surface area (Å²) in [5.41, 5.74) is 0.932. The van der Waals surface area contributed by atoms with Gasteiger partial charge in [0.1, 0.15) is 0 Å². The zero-order valence-corrected chi connectivity index (χ0v) is 15.6. The molecule has 144 valence electrons. The number of carbonyl (C=O) groups is 2. The molecule has 0 atom stereocenters. The zero-order valence-electron chi connectivity index (χ0n) is 15.6. The highest BCUT2D eigenvalue weighted by Gasteiger charge is 2.27. The number of esters is 1. The average Bonchev–Trinajstić information content (AvgIpc) is 3.19. The summed E-state index contributed by atoms with van der Waals surface area (Å²) in [4.78, 5) is 30.0. The van der Waals surface area contributed by atoms with Gasteiger partial charge in [-0.3, -0.25) is 9.59 Å². The van der Waals surface area contributed by atoms with Gasteiger partial charge in [-0.1, -0.05) is 35.5 Å². The Morgan fingerprint density at radius 3 is 2.63 bits per heavy atom. The lowest BCUT2D eigenvalue weighted by atomic mass is 9.96. The molecule has 1 aliphatic heterocycles. The maximum atomic E-state index is 12.3. The summed E-state index contributed by atoms with van der Waals surface area (Å²) in [6.07, 6.45) is 2.81. The molecular formula is C20H25N3O4. The van der Waals surface area contributed by atoms with E-state index in [1.165, 1.54) is 0 Å². The third-order valence-corrected chi connectivity index (χ3v) is 4.75. The number of benzene rings is 1. The van der Waals surface area contributed by atoms with Gasteiger partial charge >= 0.3 is 5.97 Å². The molecule has 0 radical (unpaired) electrons. The molecule has 1 aliphatic rings. The van der Waals surface area contributed by atoms with Crippen molar-refractivity contribution < 1.29 is 18.8 Å². The highest BCUT2D eigenvalue weighted by atomic mass is 16.5. The number of rotatable bonds is 7. The molecule has 7 heteroatoms. The van der Waals surface area contributed by atoms with Crippen LogP contribution >= 0.6 is 0 Å². The summed E-state index contributed by atoms with van der Waals surface area (Å²) in [6.45, 7) is 3.50. The minimum atomic E-state index is -0.241. The fourth-order valence-corrected chi connectivity index (χ4v) is 3.26. The fourth-order valence-electron chi connectivity index (χ4n) is 3.26. The number of likely N-dealkylation sites (tertiary alicyclic amines) is 1. The summed E-state index contributed by atoms with van der Waals surface area (Å²) >= 11 is 0. The van der Waals surface area contributed by atoms with Crippen molar-refractivity contribution in [3.63, 3.8) is 0 Å². The molecule has 27 heavy (non-hydrogen) atoms. The number of hydrogen-bond donors (Lipinski definition) is 0. The van der Waals surface area contributed by atoms with Crippen LogP contribution in [0.3, 0.4) is 0 Å². The monoisotopic (exact) mass is 371 g/mol. The van der Waals surface area contributed by atoms with E-state index in [1.807, 2.05) is 35.2 Å². The van der Waals surface area contributed by atoms with Crippen LogP contribution in [0.25, 0.3) is 11.4 Å². The molecule has 1 amide bonds. The van der Waals surface area contributed by atoms with Crippen molar-refractivity contribution in [3.8, 4) is 11.4 Å². The molecule has 1 saturated heterocycles. The van der Waals surface area contributed by atoms with Crippen LogP contribution in [0.4, 0.5) is 0 Å². The number of aromatic nitrogens is 2. The van der Waals surface area contributed by atoms with Crippen molar-refractivity contribution in [2.24, 2.45) is 0 Å². The lowest BCUT2D eigenvalue weighted by molar-refractivity contribution is -0.143. The minimum Gasteiger partial charge on any atom is -0.466 e. The molecule has 0 aliphatic carbocycles. The van der Waals surface area contributed by atoms with Crippen molar-refractivity contribution in [2.75, 3.05) is 19.7 Å². The van der Waals surface area contributed by atoms with Gasteiger partial charge in [-0.15, -0.1) is 0 Å². The Kier molecular flexibility index (Phi) is 6.57. The Morgan fingerprint density at radius 1 is 1.19 bits per heavy atom. The van der Waals surface area contributed by atoms with E-state index < -0.39 is 0 Å². The van der Waals surface area contributed by atoms with Gasteiger partial charge in [-0.05, 0) is 26.2 Å². The molecule has 7 nitrogen and oxygen atoms in total. The first-order valence-electron chi connectivity index (χ1n) is 9.49. The van der Waals surface area contributed by atoms with E-state index in [2.05, 4.69) is 10.1 Å².